The van der Waals surface area contributed by atoms with Crippen molar-refractivity contribution in [3.05, 3.63) is 80.4 Å². The summed E-state index contributed by atoms with van der Waals surface area (Å²) in [5.41, 5.74) is -1.84. The van der Waals surface area contributed by atoms with Crippen molar-refractivity contribution in [2.45, 2.75) is 101 Å². The van der Waals surface area contributed by atoms with Crippen LogP contribution in [0.1, 0.15) is 101 Å². The van der Waals surface area contributed by atoms with E-state index in [0.29, 0.717) is 11.3 Å². The van der Waals surface area contributed by atoms with Crippen LogP contribution in [0, 0.1) is 10.8 Å². The van der Waals surface area contributed by atoms with Crippen LogP contribution in [0.3, 0.4) is 0 Å². The highest BCUT2D eigenvalue weighted by atomic mass is 32.2. The van der Waals surface area contributed by atoms with Crippen molar-refractivity contribution < 1.29 is 43.3 Å². The molecule has 0 spiro atoms. The Bertz CT molecular complexity index is 1460. The van der Waals surface area contributed by atoms with Crippen LogP contribution >= 0.6 is 11.8 Å². The molecule has 1 saturated heterocycles. The Morgan fingerprint density at radius 3 is 1.60 bits per heavy atom. The molecular weight excluding hydrogens is 719 g/mol. The minimum atomic E-state index is -0.959. The standard InChI is InChI=1S/C44H61NO9S/c1-7-35(47)18-23-43(30-46,24-19-36(48)8-2)31-53-32-44(25-20-37(49)9-3,26-21-38(50)10-4)33-54-40(51)22-29-55-39-16-14-34(15-17-39)41(52)42(5,6)45-27-12-11-13-28-45/h7-10,14-17,46H,1-4,11-13,18-33H2,5-6H3. The first-order chi connectivity index (χ1) is 26.2. The number of nitrogens with zero attached hydrogens (tertiary/aromatic N) is 1. The molecule has 1 N–H and O–H groups in total. The second kappa shape index (κ2) is 24.0. The molecule has 55 heavy (non-hydrogen) atoms. The SMILES string of the molecule is C=CC(=O)CCC(CO)(CCC(=O)C=C)COCC(CCC(=O)C=C)(CCC(=O)C=C)COC(=O)CCSc1ccc(C(=O)C(C)(C)N2CCCCC2)cc1. The number of hydrogen-bond donors (Lipinski definition) is 1. The summed E-state index contributed by atoms with van der Waals surface area (Å²) in [6.07, 6.45) is 9.57. The van der Waals surface area contributed by atoms with E-state index in [-0.39, 0.29) is 113 Å². The van der Waals surface area contributed by atoms with Crippen LogP contribution in [0.5, 0.6) is 0 Å². The zero-order valence-corrected chi connectivity index (χ0v) is 33.8. The number of hydrogen-bond acceptors (Lipinski definition) is 11. The molecule has 0 aliphatic carbocycles. The van der Waals surface area contributed by atoms with E-state index in [2.05, 4.69) is 31.2 Å². The number of thioether (sulfide) groups is 1. The van der Waals surface area contributed by atoms with Crippen molar-refractivity contribution >= 4 is 46.6 Å². The van der Waals surface area contributed by atoms with Crippen LogP contribution in [-0.2, 0) is 33.4 Å². The van der Waals surface area contributed by atoms with E-state index in [1.807, 2.05) is 38.1 Å². The summed E-state index contributed by atoms with van der Waals surface area (Å²) in [4.78, 5) is 78.7. The molecule has 0 amide bonds. The zero-order chi connectivity index (χ0) is 40.9. The number of carbonyl (C=O) groups excluding carboxylic acids is 6. The van der Waals surface area contributed by atoms with Gasteiger partial charge in [-0.25, -0.2) is 0 Å². The topological polar surface area (TPSA) is 144 Å². The first-order valence-corrected chi connectivity index (χ1v) is 20.2. The third kappa shape index (κ3) is 16.1. The summed E-state index contributed by atoms with van der Waals surface area (Å²) in [6, 6.07) is 7.44. The van der Waals surface area contributed by atoms with E-state index in [9.17, 15) is 33.9 Å². The van der Waals surface area contributed by atoms with Crippen molar-refractivity contribution in [2.24, 2.45) is 10.8 Å². The number of carbonyl (C=O) groups is 6. The summed E-state index contributed by atoms with van der Waals surface area (Å²) >= 11 is 1.47. The van der Waals surface area contributed by atoms with Crippen LogP contribution in [0.25, 0.3) is 0 Å². The average Bonchev–Trinajstić information content (AvgIpc) is 3.21. The van der Waals surface area contributed by atoms with Gasteiger partial charge in [0.05, 0.1) is 38.4 Å². The minimum absolute atomic E-state index is 0.0317. The van der Waals surface area contributed by atoms with Crippen molar-refractivity contribution in [3.8, 4) is 0 Å². The number of likely N-dealkylation sites (tertiary alicyclic amines) is 1. The predicted molar refractivity (Wildman–Crippen MR) is 217 cm³/mol. The highest BCUT2D eigenvalue weighted by Crippen LogP contribution is 2.36. The Kier molecular flexibility index (Phi) is 20.7. The largest absolute Gasteiger partial charge is 0.465 e. The van der Waals surface area contributed by atoms with Gasteiger partial charge in [0.25, 0.3) is 0 Å². The Morgan fingerprint density at radius 1 is 0.691 bits per heavy atom. The Hall–Kier alpha value is -3.77. The van der Waals surface area contributed by atoms with Crippen molar-refractivity contribution in [2.75, 3.05) is 45.3 Å². The molecule has 302 valence electrons. The molecule has 0 bridgehead atoms. The molecule has 11 heteroatoms. The molecule has 1 aliphatic heterocycles. The minimum Gasteiger partial charge on any atom is -0.465 e. The maximum absolute atomic E-state index is 13.4. The number of aliphatic hydroxyl groups is 1. The number of esters is 1. The molecule has 1 heterocycles. The molecule has 0 saturated carbocycles. The Morgan fingerprint density at radius 2 is 1.15 bits per heavy atom. The molecule has 10 nitrogen and oxygen atoms in total. The smallest absolute Gasteiger partial charge is 0.306 e. The van der Waals surface area contributed by atoms with Gasteiger partial charge in [-0.15, -0.1) is 11.8 Å². The number of piperidine rings is 1. The maximum Gasteiger partial charge on any atom is 0.306 e. The second-order valence-corrected chi connectivity index (χ2v) is 16.2. The fourth-order valence-electron chi connectivity index (χ4n) is 6.58. The van der Waals surface area contributed by atoms with Crippen LogP contribution in [0.4, 0.5) is 0 Å². The molecule has 1 fully saturated rings. The van der Waals surface area contributed by atoms with Gasteiger partial charge in [-0.05, 0) is 102 Å². The number of allylic oxidation sites excluding steroid dienone is 4. The van der Waals surface area contributed by atoms with Crippen LogP contribution in [0.15, 0.2) is 79.8 Å². The Labute approximate surface area is 331 Å². The number of ether oxygens (including phenoxy) is 2. The molecule has 2 rings (SSSR count). The van der Waals surface area contributed by atoms with Gasteiger partial charge in [-0.1, -0.05) is 44.9 Å². The zero-order valence-electron chi connectivity index (χ0n) is 33.0. The van der Waals surface area contributed by atoms with Crippen molar-refractivity contribution in [1.82, 2.24) is 4.90 Å². The Balaban J connectivity index is 2.15. The molecular formula is C44H61NO9S. The van der Waals surface area contributed by atoms with E-state index in [4.69, 9.17) is 9.47 Å². The highest BCUT2D eigenvalue weighted by molar-refractivity contribution is 7.99. The molecule has 1 aromatic rings. The lowest BCUT2D eigenvalue weighted by Gasteiger charge is -2.39. The van der Waals surface area contributed by atoms with Crippen molar-refractivity contribution in [3.63, 3.8) is 0 Å². The van der Waals surface area contributed by atoms with Gasteiger partial charge in [0, 0.05) is 52.7 Å². The number of rotatable bonds is 30. The lowest BCUT2D eigenvalue weighted by molar-refractivity contribution is -0.150. The lowest BCUT2D eigenvalue weighted by atomic mass is 9.78. The normalized spacial score (nSPS) is 13.7. The monoisotopic (exact) mass is 779 g/mol. The van der Waals surface area contributed by atoms with Crippen LogP contribution < -0.4 is 0 Å². The van der Waals surface area contributed by atoms with E-state index >= 15 is 0 Å². The average molecular weight is 780 g/mol. The summed E-state index contributed by atoms with van der Waals surface area (Å²) < 4.78 is 12.0. The summed E-state index contributed by atoms with van der Waals surface area (Å²) in [5.74, 6) is -0.826. The van der Waals surface area contributed by atoms with Gasteiger partial charge < -0.3 is 14.6 Å². The van der Waals surface area contributed by atoms with Gasteiger partial charge in [0.2, 0.25) is 0 Å². The number of benzene rings is 1. The van der Waals surface area contributed by atoms with Gasteiger partial charge in [-0.3, -0.25) is 33.7 Å². The third-order valence-corrected chi connectivity index (χ3v) is 11.6. The van der Waals surface area contributed by atoms with Crippen LogP contribution in [-0.4, -0.2) is 95.7 Å². The number of aliphatic hydroxyl groups excluding tert-OH is 1. The molecule has 0 aromatic heterocycles. The fraction of sp³-hybridized carbons (Fsp3) is 0.545. The lowest BCUT2D eigenvalue weighted by Crippen LogP contribution is -2.52. The second-order valence-electron chi connectivity index (χ2n) is 15.1. The fourth-order valence-corrected chi connectivity index (χ4v) is 7.42. The van der Waals surface area contributed by atoms with Gasteiger partial charge >= 0.3 is 5.97 Å². The van der Waals surface area contributed by atoms with Crippen LogP contribution in [0.2, 0.25) is 0 Å². The highest BCUT2D eigenvalue weighted by Gasteiger charge is 2.37. The van der Waals surface area contributed by atoms with E-state index in [1.165, 1.54) is 42.5 Å². The number of Topliss-reactive ketones (excluding diaryl/α,β-unsaturated/α-hetero) is 1. The summed E-state index contributed by atoms with van der Waals surface area (Å²) in [6.45, 7) is 19.4. The van der Waals surface area contributed by atoms with Gasteiger partial charge in [0.15, 0.2) is 28.9 Å². The predicted octanol–water partition coefficient (Wildman–Crippen LogP) is 7.28. The molecule has 1 aromatic carbocycles. The molecule has 1 aliphatic rings. The first-order valence-electron chi connectivity index (χ1n) is 19.2. The third-order valence-electron chi connectivity index (χ3n) is 10.6. The molecule has 0 atom stereocenters. The first kappa shape index (κ1) is 47.4. The molecule has 0 unspecified atom stereocenters. The van der Waals surface area contributed by atoms with Gasteiger partial charge in [-0.2, -0.15) is 0 Å². The van der Waals surface area contributed by atoms with E-state index in [0.717, 1.165) is 30.8 Å². The quantitative estimate of drug-likeness (QED) is 0.0364. The number of ketones is 5. The summed E-state index contributed by atoms with van der Waals surface area (Å²) in [5, 5.41) is 10.5. The van der Waals surface area contributed by atoms with E-state index < -0.39 is 22.3 Å². The van der Waals surface area contributed by atoms with E-state index in [1.54, 1.807) is 0 Å². The maximum atomic E-state index is 13.4. The summed E-state index contributed by atoms with van der Waals surface area (Å²) in [7, 11) is 0. The van der Waals surface area contributed by atoms with Gasteiger partial charge in [0.1, 0.15) is 0 Å². The van der Waals surface area contributed by atoms with Crippen molar-refractivity contribution in [1.29, 1.82) is 0 Å². The molecule has 0 radical (unpaired) electrons.